The average molecular weight is 236 g/mol. The lowest BCUT2D eigenvalue weighted by Crippen LogP contribution is -2.38. The summed E-state index contributed by atoms with van der Waals surface area (Å²) in [6.45, 7) is 12.2. The van der Waals surface area contributed by atoms with Gasteiger partial charge in [-0.2, -0.15) is 0 Å². The molecule has 3 heteroatoms. The Morgan fingerprint density at radius 2 is 2.06 bits per heavy atom. The molecule has 0 aromatic heterocycles. The van der Waals surface area contributed by atoms with Crippen LogP contribution in [0.15, 0.2) is 29.8 Å². The van der Waals surface area contributed by atoms with Gasteiger partial charge in [-0.1, -0.05) is 46.4 Å². The fourth-order valence-electron chi connectivity index (χ4n) is 1.12. The lowest BCUT2D eigenvalue weighted by molar-refractivity contribution is -0.127. The molecule has 0 rings (SSSR count). The minimum absolute atomic E-state index is 0.0233. The third-order valence-electron chi connectivity index (χ3n) is 2.85. The zero-order valence-corrected chi connectivity index (χ0v) is 11.6. The summed E-state index contributed by atoms with van der Waals surface area (Å²) in [5.74, 6) is 0.0367. The van der Waals surface area contributed by atoms with E-state index in [0.717, 1.165) is 5.71 Å². The Bertz CT molecular complexity index is 322. The van der Waals surface area contributed by atoms with Crippen LogP contribution in [-0.4, -0.2) is 25.2 Å². The number of carbonyl (C=O) groups is 1. The van der Waals surface area contributed by atoms with Gasteiger partial charge in [-0.15, -0.1) is 0 Å². The van der Waals surface area contributed by atoms with E-state index in [1.54, 1.807) is 13.1 Å². The summed E-state index contributed by atoms with van der Waals surface area (Å²) in [4.78, 5) is 16.0. The number of allylic oxidation sites excluding steroid dienone is 2. The third-order valence-corrected chi connectivity index (χ3v) is 2.85. The van der Waals surface area contributed by atoms with Crippen molar-refractivity contribution in [2.24, 2.45) is 16.3 Å². The molecule has 0 spiro atoms. The van der Waals surface area contributed by atoms with Crippen LogP contribution in [0.2, 0.25) is 0 Å². The van der Waals surface area contributed by atoms with Gasteiger partial charge in [-0.05, 0) is 11.5 Å². The molecule has 0 saturated heterocycles. The van der Waals surface area contributed by atoms with Gasteiger partial charge in [-0.3, -0.25) is 9.79 Å². The second-order valence-electron chi connectivity index (χ2n) is 5.12. The van der Waals surface area contributed by atoms with Crippen LogP contribution < -0.4 is 5.32 Å². The number of hydrogen-bond donors (Lipinski definition) is 1. The maximum Gasteiger partial charge on any atom is 0.223 e. The topological polar surface area (TPSA) is 41.5 Å². The molecule has 1 N–H and O–H groups in total. The van der Waals surface area contributed by atoms with Crippen LogP contribution in [0.25, 0.3) is 0 Å². The normalized spacial score (nSPS) is 14.8. The van der Waals surface area contributed by atoms with Crippen molar-refractivity contribution >= 4 is 11.6 Å². The van der Waals surface area contributed by atoms with E-state index in [2.05, 4.69) is 37.7 Å². The van der Waals surface area contributed by atoms with Crippen molar-refractivity contribution < 1.29 is 4.79 Å². The summed E-state index contributed by atoms with van der Waals surface area (Å²) in [5.41, 5.74) is 0.809. The molecule has 0 unspecified atom stereocenters. The third kappa shape index (κ3) is 6.05. The smallest absolute Gasteiger partial charge is 0.223 e. The van der Waals surface area contributed by atoms with Gasteiger partial charge in [0.1, 0.15) is 0 Å². The molecular weight excluding hydrogens is 212 g/mol. The minimum Gasteiger partial charge on any atom is -0.350 e. The van der Waals surface area contributed by atoms with Crippen molar-refractivity contribution in [3.05, 3.63) is 24.8 Å². The summed E-state index contributed by atoms with van der Waals surface area (Å²) in [6, 6.07) is 0. The van der Waals surface area contributed by atoms with E-state index in [4.69, 9.17) is 0 Å². The van der Waals surface area contributed by atoms with Crippen LogP contribution in [0.1, 0.15) is 27.7 Å². The fourth-order valence-corrected chi connectivity index (χ4v) is 1.12. The Hall–Kier alpha value is -1.38. The van der Waals surface area contributed by atoms with Crippen molar-refractivity contribution in [1.82, 2.24) is 5.32 Å². The Morgan fingerprint density at radius 1 is 1.47 bits per heavy atom. The largest absolute Gasteiger partial charge is 0.350 e. The number of carbonyl (C=O) groups excluding carboxylic acids is 1. The molecule has 0 aromatic carbocycles. The van der Waals surface area contributed by atoms with E-state index in [-0.39, 0.29) is 17.2 Å². The van der Waals surface area contributed by atoms with Crippen LogP contribution in [0.5, 0.6) is 0 Å². The van der Waals surface area contributed by atoms with Gasteiger partial charge >= 0.3 is 0 Å². The van der Waals surface area contributed by atoms with Gasteiger partial charge in [-0.25, -0.2) is 0 Å². The van der Waals surface area contributed by atoms with E-state index < -0.39 is 0 Å². The number of aliphatic imine (C=N–C) groups is 1. The first kappa shape index (κ1) is 15.6. The van der Waals surface area contributed by atoms with E-state index in [0.29, 0.717) is 6.54 Å². The highest BCUT2D eigenvalue weighted by Gasteiger charge is 2.26. The number of nitrogens with one attached hydrogen (secondary N) is 1. The van der Waals surface area contributed by atoms with Crippen molar-refractivity contribution in [2.75, 3.05) is 13.6 Å². The Balaban J connectivity index is 4.33. The number of hydrogen-bond acceptors (Lipinski definition) is 2. The quantitative estimate of drug-likeness (QED) is 0.578. The SMILES string of the molecule is C=C/C=C\C(CNC(=O)[C@@H](C)C(C)(C)C)=NC. The lowest BCUT2D eigenvalue weighted by atomic mass is 9.81. The van der Waals surface area contributed by atoms with Crippen LogP contribution >= 0.6 is 0 Å². The number of amides is 1. The number of nitrogens with zero attached hydrogens (tertiary/aromatic N) is 1. The first-order valence-electron chi connectivity index (χ1n) is 5.85. The van der Waals surface area contributed by atoms with E-state index in [9.17, 15) is 4.79 Å². The van der Waals surface area contributed by atoms with Crippen molar-refractivity contribution in [3.63, 3.8) is 0 Å². The van der Waals surface area contributed by atoms with Crippen molar-refractivity contribution in [2.45, 2.75) is 27.7 Å². The molecule has 1 atom stereocenters. The molecule has 1 amide bonds. The molecule has 0 heterocycles. The van der Waals surface area contributed by atoms with Gasteiger partial charge < -0.3 is 5.32 Å². The predicted molar refractivity (Wildman–Crippen MR) is 74.3 cm³/mol. The molecule has 0 radical (unpaired) electrons. The van der Waals surface area contributed by atoms with Gasteiger partial charge in [0.05, 0.1) is 12.3 Å². The minimum atomic E-state index is -0.0241. The Kier molecular flexibility index (Phi) is 6.47. The highest BCUT2D eigenvalue weighted by molar-refractivity contribution is 5.98. The molecule has 0 aliphatic heterocycles. The Morgan fingerprint density at radius 3 is 2.47 bits per heavy atom. The summed E-state index contributed by atoms with van der Waals surface area (Å²) in [5, 5.41) is 2.89. The molecule has 0 aliphatic carbocycles. The number of rotatable bonds is 5. The maximum absolute atomic E-state index is 11.9. The lowest BCUT2D eigenvalue weighted by Gasteiger charge is -2.26. The van der Waals surface area contributed by atoms with Gasteiger partial charge in [0, 0.05) is 13.0 Å². The van der Waals surface area contributed by atoms with Crippen LogP contribution in [0.3, 0.4) is 0 Å². The second kappa shape index (κ2) is 7.05. The first-order valence-corrected chi connectivity index (χ1v) is 5.85. The van der Waals surface area contributed by atoms with Crippen molar-refractivity contribution in [3.8, 4) is 0 Å². The molecule has 17 heavy (non-hydrogen) atoms. The molecule has 0 aliphatic rings. The van der Waals surface area contributed by atoms with Crippen LogP contribution in [0.4, 0.5) is 0 Å². The molecular formula is C14H24N2O. The standard InChI is InChI=1S/C14H24N2O/c1-7-8-9-12(15-6)10-16-13(17)11(2)14(3,4)5/h7-9,11H,1,10H2,2-6H3,(H,16,17)/b9-8-,15-12?/t11-/m1/s1. The summed E-state index contributed by atoms with van der Waals surface area (Å²) in [7, 11) is 1.71. The first-order chi connectivity index (χ1) is 7.82. The van der Waals surface area contributed by atoms with Crippen LogP contribution in [0, 0.1) is 11.3 Å². The monoisotopic (exact) mass is 236 g/mol. The molecule has 0 aromatic rings. The van der Waals surface area contributed by atoms with Crippen LogP contribution in [-0.2, 0) is 4.79 Å². The summed E-state index contributed by atoms with van der Waals surface area (Å²) >= 11 is 0. The zero-order chi connectivity index (χ0) is 13.5. The van der Waals surface area contributed by atoms with Gasteiger partial charge in [0.2, 0.25) is 5.91 Å². The molecule has 0 saturated carbocycles. The molecule has 0 fully saturated rings. The summed E-state index contributed by atoms with van der Waals surface area (Å²) < 4.78 is 0. The van der Waals surface area contributed by atoms with E-state index in [1.165, 1.54) is 0 Å². The average Bonchev–Trinajstić information content (AvgIpc) is 2.26. The van der Waals surface area contributed by atoms with E-state index >= 15 is 0 Å². The maximum atomic E-state index is 11.9. The molecule has 0 bridgehead atoms. The highest BCUT2D eigenvalue weighted by Crippen LogP contribution is 2.25. The van der Waals surface area contributed by atoms with Crippen molar-refractivity contribution in [1.29, 1.82) is 0 Å². The van der Waals surface area contributed by atoms with Gasteiger partial charge in [0.25, 0.3) is 0 Å². The fraction of sp³-hybridized carbons (Fsp3) is 0.571. The predicted octanol–water partition coefficient (Wildman–Crippen LogP) is 2.60. The summed E-state index contributed by atoms with van der Waals surface area (Å²) in [6.07, 6.45) is 5.33. The van der Waals surface area contributed by atoms with Gasteiger partial charge in [0.15, 0.2) is 0 Å². The zero-order valence-electron chi connectivity index (χ0n) is 11.6. The highest BCUT2D eigenvalue weighted by atomic mass is 16.1. The second-order valence-corrected chi connectivity index (χ2v) is 5.12. The van der Waals surface area contributed by atoms with E-state index in [1.807, 2.05) is 19.1 Å². The molecule has 96 valence electrons. The molecule has 3 nitrogen and oxygen atoms in total. The Labute approximate surface area is 105 Å².